The number of likely N-dealkylation sites (tertiary alicyclic amines) is 1. The summed E-state index contributed by atoms with van der Waals surface area (Å²) >= 11 is 0. The maximum atomic E-state index is 13.8. The van der Waals surface area contributed by atoms with E-state index in [-0.39, 0.29) is 31.3 Å². The summed E-state index contributed by atoms with van der Waals surface area (Å²) in [6.07, 6.45) is 5.40. The van der Waals surface area contributed by atoms with Gasteiger partial charge < -0.3 is 19.8 Å². The van der Waals surface area contributed by atoms with Crippen LogP contribution in [0.5, 0.6) is 0 Å². The minimum absolute atomic E-state index is 0.106. The first-order valence-corrected chi connectivity index (χ1v) is 12.8. The second kappa shape index (κ2) is 10.1. The van der Waals surface area contributed by atoms with Gasteiger partial charge in [-0.2, -0.15) is 0 Å². The highest BCUT2D eigenvalue weighted by Gasteiger charge is 2.45. The van der Waals surface area contributed by atoms with Crippen LogP contribution in [0.4, 0.5) is 0 Å². The van der Waals surface area contributed by atoms with Gasteiger partial charge in [0.25, 0.3) is 0 Å². The number of aliphatic hydroxyl groups excluding tert-OH is 1. The Labute approximate surface area is 206 Å². The van der Waals surface area contributed by atoms with Crippen molar-refractivity contribution in [1.29, 1.82) is 0 Å². The molecule has 10 heteroatoms. The minimum atomic E-state index is -0.768. The molecule has 10 nitrogen and oxygen atoms in total. The van der Waals surface area contributed by atoms with Crippen molar-refractivity contribution >= 4 is 11.8 Å². The lowest BCUT2D eigenvalue weighted by Gasteiger charge is -2.34. The van der Waals surface area contributed by atoms with Crippen LogP contribution in [0.3, 0.4) is 0 Å². The number of nitrogens with one attached hydrogen (secondary N) is 1. The van der Waals surface area contributed by atoms with Gasteiger partial charge in [-0.25, -0.2) is 4.68 Å². The molecule has 0 radical (unpaired) electrons. The van der Waals surface area contributed by atoms with E-state index in [9.17, 15) is 14.7 Å². The maximum absolute atomic E-state index is 13.8. The van der Waals surface area contributed by atoms with Crippen molar-refractivity contribution in [3.8, 4) is 0 Å². The second-order valence-corrected chi connectivity index (χ2v) is 11.0. The molecule has 0 bridgehead atoms. The Kier molecular flexibility index (Phi) is 7.30. The highest BCUT2D eigenvalue weighted by Crippen LogP contribution is 2.40. The van der Waals surface area contributed by atoms with E-state index in [4.69, 9.17) is 4.52 Å². The molecule has 35 heavy (non-hydrogen) atoms. The van der Waals surface area contributed by atoms with Crippen LogP contribution >= 0.6 is 0 Å². The number of amides is 2. The second-order valence-electron chi connectivity index (χ2n) is 11.0. The molecule has 4 rings (SSSR count). The van der Waals surface area contributed by atoms with Crippen LogP contribution in [0.2, 0.25) is 0 Å². The third kappa shape index (κ3) is 5.58. The molecule has 2 aromatic heterocycles. The molecule has 2 fully saturated rings. The summed E-state index contributed by atoms with van der Waals surface area (Å²) in [6.45, 7) is 10.4. The molecule has 2 N–H and O–H groups in total. The number of carbonyl (C=O) groups excluding carboxylic acids is 2. The number of hydrogen-bond donors (Lipinski definition) is 2. The zero-order chi connectivity index (χ0) is 25.3. The monoisotopic (exact) mass is 486 g/mol. The van der Waals surface area contributed by atoms with E-state index in [1.54, 1.807) is 4.68 Å². The molecule has 2 aliphatic rings. The number of aromatic nitrogens is 4. The first-order valence-electron chi connectivity index (χ1n) is 12.8. The summed E-state index contributed by atoms with van der Waals surface area (Å²) in [4.78, 5) is 28.4. The van der Waals surface area contributed by atoms with Gasteiger partial charge in [-0.3, -0.25) is 9.59 Å². The van der Waals surface area contributed by atoms with Crippen molar-refractivity contribution in [3.05, 3.63) is 29.4 Å². The molecule has 2 amide bonds. The third-order valence-corrected chi connectivity index (χ3v) is 7.13. The average molecular weight is 487 g/mol. The maximum Gasteiger partial charge on any atom is 0.248 e. The number of β-amino-alcohol motifs (C(OH)–C–C–N with tert-alkyl or cyclic N) is 1. The number of rotatable bonds is 9. The molecule has 1 saturated heterocycles. The van der Waals surface area contributed by atoms with Gasteiger partial charge in [0.2, 0.25) is 11.8 Å². The van der Waals surface area contributed by atoms with E-state index >= 15 is 0 Å². The highest BCUT2D eigenvalue weighted by molar-refractivity contribution is 5.90. The number of carbonyl (C=O) groups is 2. The number of hydrogen-bond acceptors (Lipinski definition) is 7. The van der Waals surface area contributed by atoms with E-state index in [0.717, 1.165) is 37.1 Å². The molecule has 3 atom stereocenters. The largest absolute Gasteiger partial charge is 0.391 e. The fourth-order valence-electron chi connectivity index (χ4n) is 4.93. The van der Waals surface area contributed by atoms with Crippen molar-refractivity contribution in [2.75, 3.05) is 6.54 Å². The summed E-state index contributed by atoms with van der Waals surface area (Å²) < 4.78 is 7.04. The fourth-order valence-corrected chi connectivity index (χ4v) is 4.93. The molecule has 3 heterocycles. The van der Waals surface area contributed by atoms with Crippen LogP contribution in [0.25, 0.3) is 0 Å². The predicted molar refractivity (Wildman–Crippen MR) is 128 cm³/mol. The van der Waals surface area contributed by atoms with Gasteiger partial charge in [-0.1, -0.05) is 45.0 Å². The Morgan fingerprint density at radius 3 is 2.60 bits per heavy atom. The summed E-state index contributed by atoms with van der Waals surface area (Å²) in [6, 6.07) is 0.470. The standard InChI is InChI=1S/C25H38N6O4/c1-6-15(7-2)19-11-18(35-28-19)12-26-23(33)21-10-17(32)13-30(21)24(34)22(25(3,4)5)31-14-20(27-29-31)16-8-9-16/h11,14-17,21-22,32H,6-10,12-13H2,1-5H3,(H,26,33)/t17-,21+,22-/m1/s1. The molecule has 0 aromatic carbocycles. The fraction of sp³-hybridized carbons (Fsp3) is 0.720. The van der Waals surface area contributed by atoms with Gasteiger partial charge >= 0.3 is 0 Å². The minimum Gasteiger partial charge on any atom is -0.391 e. The molecule has 2 aromatic rings. The van der Waals surface area contributed by atoms with Crippen molar-refractivity contribution in [2.24, 2.45) is 5.41 Å². The lowest BCUT2D eigenvalue weighted by molar-refractivity contribution is -0.144. The Morgan fingerprint density at radius 2 is 1.97 bits per heavy atom. The van der Waals surface area contributed by atoms with Crippen LogP contribution in [-0.2, 0) is 16.1 Å². The topological polar surface area (TPSA) is 126 Å². The van der Waals surface area contributed by atoms with E-state index in [0.29, 0.717) is 17.6 Å². The van der Waals surface area contributed by atoms with Crippen LogP contribution in [0.1, 0.15) is 102 Å². The zero-order valence-corrected chi connectivity index (χ0v) is 21.4. The number of nitrogens with zero attached hydrogens (tertiary/aromatic N) is 5. The third-order valence-electron chi connectivity index (χ3n) is 7.13. The summed E-state index contributed by atoms with van der Waals surface area (Å²) in [5.74, 6) is 0.762. The van der Waals surface area contributed by atoms with Crippen molar-refractivity contribution < 1.29 is 19.2 Å². The lowest BCUT2D eigenvalue weighted by atomic mass is 9.85. The molecular weight excluding hydrogens is 448 g/mol. The normalized spacial score (nSPS) is 21.5. The molecule has 0 spiro atoms. The van der Waals surface area contributed by atoms with Gasteiger partial charge in [0, 0.05) is 37.1 Å². The first kappa shape index (κ1) is 25.3. The molecule has 1 saturated carbocycles. The quantitative estimate of drug-likeness (QED) is 0.558. The molecule has 192 valence electrons. The van der Waals surface area contributed by atoms with Gasteiger partial charge in [-0.15, -0.1) is 5.10 Å². The van der Waals surface area contributed by atoms with Crippen LogP contribution in [0, 0.1) is 5.41 Å². The number of aliphatic hydroxyl groups is 1. The average Bonchev–Trinajstić information content (AvgIpc) is 3.18. The molecule has 1 aliphatic heterocycles. The van der Waals surface area contributed by atoms with Crippen molar-refractivity contribution in [2.45, 2.75) is 103 Å². The zero-order valence-electron chi connectivity index (χ0n) is 21.4. The smallest absolute Gasteiger partial charge is 0.248 e. The van der Waals surface area contributed by atoms with E-state index in [2.05, 4.69) is 34.6 Å². The Morgan fingerprint density at radius 1 is 1.26 bits per heavy atom. The van der Waals surface area contributed by atoms with Crippen LogP contribution in [0.15, 0.2) is 16.8 Å². The summed E-state index contributed by atoms with van der Waals surface area (Å²) in [5, 5.41) is 25.9. The summed E-state index contributed by atoms with van der Waals surface area (Å²) in [5.41, 5.74) is 1.33. The van der Waals surface area contributed by atoms with Crippen LogP contribution in [-0.4, -0.2) is 60.7 Å². The van der Waals surface area contributed by atoms with Crippen molar-refractivity contribution in [1.82, 2.24) is 30.4 Å². The lowest BCUT2D eigenvalue weighted by Crippen LogP contribution is -2.50. The van der Waals surface area contributed by atoms with Gasteiger partial charge in [0.15, 0.2) is 5.76 Å². The molecule has 1 aliphatic carbocycles. The van der Waals surface area contributed by atoms with E-state index in [1.165, 1.54) is 4.90 Å². The van der Waals surface area contributed by atoms with Gasteiger partial charge in [0.1, 0.15) is 12.1 Å². The highest BCUT2D eigenvalue weighted by atomic mass is 16.5. The Balaban J connectivity index is 1.46. The van der Waals surface area contributed by atoms with Gasteiger partial charge in [0.05, 0.1) is 24.0 Å². The first-order chi connectivity index (χ1) is 16.6. The van der Waals surface area contributed by atoms with E-state index < -0.39 is 23.6 Å². The van der Waals surface area contributed by atoms with Crippen LogP contribution < -0.4 is 5.32 Å². The van der Waals surface area contributed by atoms with Crippen molar-refractivity contribution in [3.63, 3.8) is 0 Å². The SMILES string of the molecule is CCC(CC)c1cc(CNC(=O)[C@@H]2C[C@@H](O)CN2C(=O)[C@@H](n2cc(C3CC3)nn2)C(C)(C)C)on1. The Hall–Kier alpha value is -2.75. The van der Waals surface area contributed by atoms with E-state index in [1.807, 2.05) is 33.0 Å². The Bertz CT molecular complexity index is 1030. The molecular formula is C25H38N6O4. The predicted octanol–water partition coefficient (Wildman–Crippen LogP) is 2.91. The summed E-state index contributed by atoms with van der Waals surface area (Å²) in [7, 11) is 0. The van der Waals surface area contributed by atoms with Gasteiger partial charge in [-0.05, 0) is 31.1 Å². The molecule has 0 unspecified atom stereocenters.